The molecule has 2 N–H and O–H groups in total. The highest BCUT2D eigenvalue weighted by molar-refractivity contribution is 5.56. The van der Waals surface area contributed by atoms with Crippen molar-refractivity contribution in [3.8, 4) is 17.2 Å². The molecule has 0 amide bonds. The number of phenols is 2. The second-order valence-electron chi connectivity index (χ2n) is 9.14. The van der Waals surface area contributed by atoms with Gasteiger partial charge in [-0.25, -0.2) is 0 Å². The Bertz CT molecular complexity index is 568. The van der Waals surface area contributed by atoms with Crippen LogP contribution in [0.3, 0.4) is 0 Å². The van der Waals surface area contributed by atoms with E-state index in [-0.39, 0.29) is 11.5 Å². The molecule has 0 aromatic heterocycles. The van der Waals surface area contributed by atoms with Crippen molar-refractivity contribution in [3.05, 3.63) is 17.2 Å². The summed E-state index contributed by atoms with van der Waals surface area (Å²) in [7, 11) is 0. The first-order chi connectivity index (χ1) is 15.2. The first kappa shape index (κ1) is 27.7. The van der Waals surface area contributed by atoms with E-state index in [4.69, 9.17) is 4.74 Å². The van der Waals surface area contributed by atoms with Crippen molar-refractivity contribution in [2.75, 3.05) is 6.61 Å². The van der Waals surface area contributed by atoms with E-state index in [9.17, 15) is 10.2 Å². The standard InChI is InChI=1S/C28H50O3/c1-4-7-10-12-14-16-18-20-24-25(21-19-17-15-13-11-8-5-2)28(30)26(29)23-27(24)31-22-9-6-3/h23,29-30H,4-22H2,1-3H3. The van der Waals surface area contributed by atoms with Crippen LogP contribution in [0.4, 0.5) is 0 Å². The van der Waals surface area contributed by atoms with Crippen LogP contribution in [0.5, 0.6) is 17.2 Å². The van der Waals surface area contributed by atoms with Crippen LogP contribution in [0.15, 0.2) is 6.07 Å². The molecule has 0 aliphatic rings. The van der Waals surface area contributed by atoms with Crippen LogP contribution in [-0.4, -0.2) is 16.8 Å². The van der Waals surface area contributed by atoms with Crippen LogP contribution < -0.4 is 4.74 Å². The summed E-state index contributed by atoms with van der Waals surface area (Å²) in [6, 6.07) is 1.63. The van der Waals surface area contributed by atoms with Crippen molar-refractivity contribution in [1.82, 2.24) is 0 Å². The van der Waals surface area contributed by atoms with E-state index in [0.717, 1.165) is 55.4 Å². The molecule has 31 heavy (non-hydrogen) atoms. The molecule has 0 spiro atoms. The SMILES string of the molecule is CCCCCCCCCc1c(OCCCC)cc(O)c(O)c1CCCCCCCCC. The van der Waals surface area contributed by atoms with Gasteiger partial charge in [-0.15, -0.1) is 0 Å². The highest BCUT2D eigenvalue weighted by atomic mass is 16.5. The Morgan fingerprint density at radius 3 is 1.55 bits per heavy atom. The van der Waals surface area contributed by atoms with Gasteiger partial charge in [-0.05, 0) is 32.1 Å². The third-order valence-corrected chi connectivity index (χ3v) is 6.27. The fourth-order valence-electron chi connectivity index (χ4n) is 4.24. The quantitative estimate of drug-likeness (QED) is 0.159. The van der Waals surface area contributed by atoms with Crippen LogP contribution in [0.1, 0.15) is 135 Å². The number of phenolic OH excluding ortho intramolecular Hbond substituents is 2. The van der Waals surface area contributed by atoms with Crippen molar-refractivity contribution >= 4 is 0 Å². The van der Waals surface area contributed by atoms with E-state index >= 15 is 0 Å². The van der Waals surface area contributed by atoms with E-state index in [1.165, 1.54) is 77.0 Å². The van der Waals surface area contributed by atoms with Gasteiger partial charge in [0.15, 0.2) is 11.5 Å². The van der Waals surface area contributed by atoms with Crippen molar-refractivity contribution in [2.24, 2.45) is 0 Å². The molecule has 3 heteroatoms. The molecule has 180 valence electrons. The molecule has 0 saturated heterocycles. The maximum Gasteiger partial charge on any atom is 0.161 e. The molecule has 0 fully saturated rings. The molecule has 0 unspecified atom stereocenters. The monoisotopic (exact) mass is 434 g/mol. The van der Waals surface area contributed by atoms with Crippen LogP contribution in [0.2, 0.25) is 0 Å². The minimum atomic E-state index is -0.0345. The van der Waals surface area contributed by atoms with Crippen LogP contribution in [0.25, 0.3) is 0 Å². The third kappa shape index (κ3) is 11.7. The molecule has 0 radical (unpaired) electrons. The summed E-state index contributed by atoms with van der Waals surface area (Å²) in [5.41, 5.74) is 2.05. The summed E-state index contributed by atoms with van der Waals surface area (Å²) in [5.74, 6) is 0.826. The zero-order valence-electron chi connectivity index (χ0n) is 20.8. The highest BCUT2D eigenvalue weighted by Crippen LogP contribution is 2.40. The highest BCUT2D eigenvalue weighted by Gasteiger charge is 2.18. The van der Waals surface area contributed by atoms with Gasteiger partial charge in [0.2, 0.25) is 0 Å². The third-order valence-electron chi connectivity index (χ3n) is 6.27. The molecule has 1 rings (SSSR count). The Kier molecular flexibility index (Phi) is 16.3. The number of hydrogen-bond donors (Lipinski definition) is 2. The number of hydrogen-bond acceptors (Lipinski definition) is 3. The largest absolute Gasteiger partial charge is 0.504 e. The molecule has 0 heterocycles. The molecule has 0 saturated carbocycles. The van der Waals surface area contributed by atoms with Gasteiger partial charge in [-0.2, -0.15) is 0 Å². The molecule has 0 aliphatic heterocycles. The molecular weight excluding hydrogens is 384 g/mol. The summed E-state index contributed by atoms with van der Waals surface area (Å²) in [6.45, 7) is 7.33. The predicted molar refractivity (Wildman–Crippen MR) is 134 cm³/mol. The van der Waals surface area contributed by atoms with Gasteiger partial charge in [0.05, 0.1) is 6.61 Å². The summed E-state index contributed by atoms with van der Waals surface area (Å²) in [4.78, 5) is 0. The molecule has 0 bridgehead atoms. The van der Waals surface area contributed by atoms with Crippen LogP contribution >= 0.6 is 0 Å². The number of aromatic hydroxyl groups is 2. The lowest BCUT2D eigenvalue weighted by atomic mass is 9.94. The lowest BCUT2D eigenvalue weighted by Crippen LogP contribution is -2.04. The average molecular weight is 435 g/mol. The smallest absolute Gasteiger partial charge is 0.161 e. The second kappa shape index (κ2) is 18.2. The molecular formula is C28H50O3. The Balaban J connectivity index is 2.73. The topological polar surface area (TPSA) is 49.7 Å². The zero-order valence-corrected chi connectivity index (χ0v) is 20.8. The number of rotatable bonds is 20. The maximum atomic E-state index is 10.6. The number of ether oxygens (including phenoxy) is 1. The number of unbranched alkanes of at least 4 members (excludes halogenated alkanes) is 13. The van der Waals surface area contributed by atoms with E-state index in [0.29, 0.717) is 6.61 Å². The fraction of sp³-hybridized carbons (Fsp3) is 0.786. The van der Waals surface area contributed by atoms with Gasteiger partial charge < -0.3 is 14.9 Å². The van der Waals surface area contributed by atoms with Crippen molar-refractivity contribution in [1.29, 1.82) is 0 Å². The lowest BCUT2D eigenvalue weighted by Gasteiger charge is -2.18. The summed E-state index contributed by atoms with van der Waals surface area (Å²) < 4.78 is 6.06. The van der Waals surface area contributed by atoms with E-state index < -0.39 is 0 Å². The molecule has 0 aliphatic carbocycles. The lowest BCUT2D eigenvalue weighted by molar-refractivity contribution is 0.301. The minimum Gasteiger partial charge on any atom is -0.504 e. The zero-order chi connectivity index (χ0) is 22.7. The van der Waals surface area contributed by atoms with Crippen molar-refractivity contribution in [2.45, 2.75) is 136 Å². The first-order valence-corrected chi connectivity index (χ1v) is 13.3. The molecule has 0 atom stereocenters. The normalized spacial score (nSPS) is 11.2. The van der Waals surface area contributed by atoms with Crippen molar-refractivity contribution in [3.63, 3.8) is 0 Å². The Morgan fingerprint density at radius 2 is 1.03 bits per heavy atom. The Morgan fingerprint density at radius 1 is 0.581 bits per heavy atom. The van der Waals surface area contributed by atoms with E-state index in [2.05, 4.69) is 20.8 Å². The van der Waals surface area contributed by atoms with Gasteiger partial charge >= 0.3 is 0 Å². The minimum absolute atomic E-state index is 0.0345. The molecule has 3 nitrogen and oxygen atoms in total. The van der Waals surface area contributed by atoms with E-state index in [1.807, 2.05) is 0 Å². The summed E-state index contributed by atoms with van der Waals surface area (Å²) in [5, 5.41) is 21.0. The average Bonchev–Trinajstić information content (AvgIpc) is 2.76. The van der Waals surface area contributed by atoms with Gasteiger partial charge in [0, 0.05) is 17.2 Å². The predicted octanol–water partition coefficient (Wildman–Crippen LogP) is 8.86. The Hall–Kier alpha value is -1.38. The molecule has 1 aromatic carbocycles. The van der Waals surface area contributed by atoms with Crippen molar-refractivity contribution < 1.29 is 14.9 Å². The van der Waals surface area contributed by atoms with Gasteiger partial charge in [0.1, 0.15) is 5.75 Å². The van der Waals surface area contributed by atoms with Gasteiger partial charge in [-0.1, -0.05) is 104 Å². The Labute approximate surface area is 192 Å². The van der Waals surface area contributed by atoms with Crippen LogP contribution in [-0.2, 0) is 12.8 Å². The second-order valence-corrected chi connectivity index (χ2v) is 9.14. The van der Waals surface area contributed by atoms with E-state index in [1.54, 1.807) is 6.07 Å². The summed E-state index contributed by atoms with van der Waals surface area (Å²) >= 11 is 0. The van der Waals surface area contributed by atoms with Gasteiger partial charge in [0.25, 0.3) is 0 Å². The fourth-order valence-corrected chi connectivity index (χ4v) is 4.24. The number of benzene rings is 1. The molecule has 1 aromatic rings. The van der Waals surface area contributed by atoms with Gasteiger partial charge in [-0.3, -0.25) is 0 Å². The maximum absolute atomic E-state index is 10.6. The van der Waals surface area contributed by atoms with Crippen LogP contribution in [0, 0.1) is 0 Å². The first-order valence-electron chi connectivity index (χ1n) is 13.3. The summed E-state index contributed by atoms with van der Waals surface area (Å²) in [6.07, 6.45) is 21.5.